The second-order valence-corrected chi connectivity index (χ2v) is 10.5. The minimum absolute atomic E-state index is 0.0565. The van der Waals surface area contributed by atoms with E-state index in [9.17, 15) is 9.59 Å². The van der Waals surface area contributed by atoms with Crippen molar-refractivity contribution in [2.75, 3.05) is 18.2 Å². The Kier molecular flexibility index (Phi) is 6.43. The van der Waals surface area contributed by atoms with Crippen LogP contribution in [0.2, 0.25) is 0 Å². The number of nitrogens with zero attached hydrogens (tertiary/aromatic N) is 2. The molecule has 0 aliphatic heterocycles. The van der Waals surface area contributed by atoms with E-state index in [-0.39, 0.29) is 17.2 Å². The van der Waals surface area contributed by atoms with Crippen molar-refractivity contribution < 1.29 is 9.53 Å². The summed E-state index contributed by atoms with van der Waals surface area (Å²) in [6.07, 6.45) is 2.99. The topological polar surface area (TPSA) is 73.2 Å². The number of anilines is 1. The van der Waals surface area contributed by atoms with Gasteiger partial charge in [0.25, 0.3) is 5.56 Å². The Labute approximate surface area is 206 Å². The number of aromatic nitrogens is 2. The van der Waals surface area contributed by atoms with Crippen molar-refractivity contribution in [3.8, 4) is 11.4 Å². The smallest absolute Gasteiger partial charge is 0.267 e. The number of carbonyl (C=O) groups is 1. The van der Waals surface area contributed by atoms with Gasteiger partial charge in [-0.15, -0.1) is 11.3 Å². The van der Waals surface area contributed by atoms with Gasteiger partial charge in [0.1, 0.15) is 10.6 Å². The molecule has 1 N–H and O–H groups in total. The molecular formula is C26H25N3O3S2. The Hall–Kier alpha value is -3.10. The lowest BCUT2D eigenvalue weighted by Crippen LogP contribution is -2.23. The number of aryl methyl sites for hydroxylation is 1. The van der Waals surface area contributed by atoms with E-state index in [0.29, 0.717) is 22.5 Å². The Morgan fingerprint density at radius 2 is 2.06 bits per heavy atom. The molecule has 0 fully saturated rings. The number of carbonyl (C=O) groups excluding carboxylic acids is 1. The lowest BCUT2D eigenvalue weighted by Gasteiger charge is -2.17. The van der Waals surface area contributed by atoms with Crippen LogP contribution in [0.4, 0.5) is 5.69 Å². The number of rotatable bonds is 6. The van der Waals surface area contributed by atoms with Crippen LogP contribution in [0.3, 0.4) is 0 Å². The molecule has 5 rings (SSSR count). The van der Waals surface area contributed by atoms with E-state index >= 15 is 0 Å². The van der Waals surface area contributed by atoms with Crippen LogP contribution >= 0.6 is 23.1 Å². The molecule has 0 spiro atoms. The van der Waals surface area contributed by atoms with Crippen molar-refractivity contribution in [2.24, 2.45) is 5.92 Å². The Morgan fingerprint density at radius 1 is 1.24 bits per heavy atom. The lowest BCUT2D eigenvalue weighted by molar-refractivity contribution is -0.113. The average molecular weight is 492 g/mol. The summed E-state index contributed by atoms with van der Waals surface area (Å²) in [6, 6.07) is 16.7. The molecule has 0 unspecified atom stereocenters. The molecular weight excluding hydrogens is 466 g/mol. The highest BCUT2D eigenvalue weighted by molar-refractivity contribution is 7.99. The third kappa shape index (κ3) is 4.48. The van der Waals surface area contributed by atoms with E-state index in [2.05, 4.69) is 12.2 Å². The molecule has 1 atom stereocenters. The molecule has 0 bridgehead atoms. The van der Waals surface area contributed by atoms with Crippen LogP contribution in [0, 0.1) is 5.92 Å². The highest BCUT2D eigenvalue weighted by Crippen LogP contribution is 2.37. The van der Waals surface area contributed by atoms with Gasteiger partial charge in [0.2, 0.25) is 5.91 Å². The van der Waals surface area contributed by atoms with Gasteiger partial charge in [0.15, 0.2) is 5.16 Å². The predicted octanol–water partition coefficient (Wildman–Crippen LogP) is 5.31. The summed E-state index contributed by atoms with van der Waals surface area (Å²) in [5, 5.41) is 4.15. The van der Waals surface area contributed by atoms with Gasteiger partial charge in [0.05, 0.1) is 23.9 Å². The summed E-state index contributed by atoms with van der Waals surface area (Å²) < 4.78 is 6.87. The highest BCUT2D eigenvalue weighted by atomic mass is 32.2. The summed E-state index contributed by atoms with van der Waals surface area (Å²) in [5.41, 5.74) is 2.52. The number of hydrogen-bond donors (Lipinski definition) is 1. The first-order valence-corrected chi connectivity index (χ1v) is 13.0. The number of amides is 1. The van der Waals surface area contributed by atoms with Crippen LogP contribution in [0.15, 0.2) is 64.5 Å². The van der Waals surface area contributed by atoms with Gasteiger partial charge in [-0.25, -0.2) is 4.98 Å². The van der Waals surface area contributed by atoms with E-state index in [1.165, 1.54) is 16.6 Å². The highest BCUT2D eigenvalue weighted by Gasteiger charge is 2.25. The van der Waals surface area contributed by atoms with Crippen LogP contribution in [-0.2, 0) is 17.6 Å². The number of benzene rings is 2. The van der Waals surface area contributed by atoms with Crippen LogP contribution in [0.5, 0.6) is 5.75 Å². The van der Waals surface area contributed by atoms with Crippen LogP contribution < -0.4 is 15.6 Å². The molecule has 0 saturated heterocycles. The summed E-state index contributed by atoms with van der Waals surface area (Å²) in [7, 11) is 1.59. The normalized spacial score (nSPS) is 15.2. The van der Waals surface area contributed by atoms with Gasteiger partial charge in [-0.05, 0) is 55.0 Å². The maximum Gasteiger partial charge on any atom is 0.267 e. The van der Waals surface area contributed by atoms with E-state index in [0.717, 1.165) is 40.7 Å². The van der Waals surface area contributed by atoms with Gasteiger partial charge in [0, 0.05) is 16.6 Å². The molecule has 2 aromatic carbocycles. The molecule has 1 aliphatic rings. The summed E-state index contributed by atoms with van der Waals surface area (Å²) >= 11 is 2.89. The van der Waals surface area contributed by atoms with E-state index in [1.807, 2.05) is 48.5 Å². The number of nitrogens with one attached hydrogen (secondary N) is 1. The van der Waals surface area contributed by atoms with E-state index in [4.69, 9.17) is 9.72 Å². The number of hydrogen-bond acceptors (Lipinski definition) is 6. The monoisotopic (exact) mass is 491 g/mol. The minimum Gasteiger partial charge on any atom is -0.497 e. The quantitative estimate of drug-likeness (QED) is 0.292. The average Bonchev–Trinajstić information content (AvgIpc) is 3.21. The number of fused-ring (bicyclic) bond motifs is 3. The molecule has 4 aromatic rings. The zero-order valence-corrected chi connectivity index (χ0v) is 20.7. The van der Waals surface area contributed by atoms with Gasteiger partial charge in [-0.3, -0.25) is 14.2 Å². The van der Waals surface area contributed by atoms with Crippen molar-refractivity contribution >= 4 is 44.9 Å². The Morgan fingerprint density at radius 3 is 2.85 bits per heavy atom. The van der Waals surface area contributed by atoms with Crippen molar-refractivity contribution in [3.63, 3.8) is 0 Å². The SMILES string of the molecule is COc1cccc(NC(=O)CSc2nc3sc4c(c3c(=O)n2-c2ccccc2)CC[C@@H](C)C4)c1. The predicted molar refractivity (Wildman–Crippen MR) is 139 cm³/mol. The van der Waals surface area contributed by atoms with Crippen LogP contribution in [-0.4, -0.2) is 28.3 Å². The molecule has 8 heteroatoms. The fraction of sp³-hybridized carbons (Fsp3) is 0.269. The fourth-order valence-electron chi connectivity index (χ4n) is 4.30. The Bertz CT molecular complexity index is 1410. The summed E-state index contributed by atoms with van der Waals surface area (Å²) in [4.78, 5) is 33.4. The molecule has 1 aliphatic carbocycles. The van der Waals surface area contributed by atoms with Crippen molar-refractivity contribution in [1.82, 2.24) is 9.55 Å². The Balaban J connectivity index is 1.49. The molecule has 2 heterocycles. The van der Waals surface area contributed by atoms with Gasteiger partial charge < -0.3 is 10.1 Å². The van der Waals surface area contributed by atoms with E-state index < -0.39 is 0 Å². The summed E-state index contributed by atoms with van der Waals surface area (Å²) in [6.45, 7) is 2.26. The minimum atomic E-state index is -0.175. The second kappa shape index (κ2) is 9.64. The maximum atomic E-state index is 13.8. The molecule has 0 saturated carbocycles. The van der Waals surface area contributed by atoms with Gasteiger partial charge in [-0.2, -0.15) is 0 Å². The molecule has 6 nitrogen and oxygen atoms in total. The molecule has 34 heavy (non-hydrogen) atoms. The first-order chi connectivity index (χ1) is 16.5. The fourth-order valence-corrected chi connectivity index (χ4v) is 6.54. The first-order valence-electron chi connectivity index (χ1n) is 11.2. The summed E-state index contributed by atoms with van der Waals surface area (Å²) in [5.74, 6) is 1.24. The third-order valence-electron chi connectivity index (χ3n) is 6.00. The van der Waals surface area contributed by atoms with Crippen LogP contribution in [0.25, 0.3) is 15.9 Å². The zero-order valence-electron chi connectivity index (χ0n) is 19.0. The lowest BCUT2D eigenvalue weighted by atomic mass is 9.89. The number of methoxy groups -OCH3 is 1. The van der Waals surface area contributed by atoms with Gasteiger partial charge in [-0.1, -0.05) is 43.0 Å². The number of thioether (sulfide) groups is 1. The van der Waals surface area contributed by atoms with Crippen molar-refractivity contribution in [2.45, 2.75) is 31.3 Å². The zero-order chi connectivity index (χ0) is 23.7. The first kappa shape index (κ1) is 22.7. The number of para-hydroxylation sites is 1. The van der Waals surface area contributed by atoms with E-state index in [1.54, 1.807) is 29.1 Å². The maximum absolute atomic E-state index is 13.8. The number of ether oxygens (including phenoxy) is 1. The molecule has 0 radical (unpaired) electrons. The molecule has 1 amide bonds. The second-order valence-electron chi connectivity index (χ2n) is 8.47. The van der Waals surface area contributed by atoms with Gasteiger partial charge >= 0.3 is 0 Å². The van der Waals surface area contributed by atoms with Crippen molar-refractivity contribution in [1.29, 1.82) is 0 Å². The van der Waals surface area contributed by atoms with Crippen LogP contribution in [0.1, 0.15) is 23.8 Å². The molecule has 2 aromatic heterocycles. The standard InChI is InChI=1S/C26H25N3O3S2/c1-16-11-12-20-21(13-16)34-24-23(20)25(31)29(18-8-4-3-5-9-18)26(28-24)33-15-22(30)27-17-7-6-10-19(14-17)32-2/h3-10,14,16H,11-13,15H2,1-2H3,(H,27,30)/t16-/m1/s1. The van der Waals surface area contributed by atoms with Crippen molar-refractivity contribution in [3.05, 3.63) is 75.4 Å². The molecule has 174 valence electrons. The largest absolute Gasteiger partial charge is 0.497 e. The number of thiophene rings is 1. The third-order valence-corrected chi connectivity index (χ3v) is 8.09.